The first-order chi connectivity index (χ1) is 8.79. The number of aromatic nitrogens is 1. The minimum atomic E-state index is 0.163. The van der Waals surface area contributed by atoms with Crippen molar-refractivity contribution in [3.05, 3.63) is 23.9 Å². The topological polar surface area (TPSA) is 77.8 Å². The van der Waals surface area contributed by atoms with Crippen molar-refractivity contribution in [1.29, 1.82) is 5.26 Å². The molecular weight excluding hydrogens is 228 g/mol. The van der Waals surface area contributed by atoms with Gasteiger partial charge < -0.3 is 10.6 Å². The van der Waals surface area contributed by atoms with Crippen molar-refractivity contribution in [2.45, 2.75) is 19.3 Å². The first kappa shape index (κ1) is 12.4. The molecule has 0 atom stereocenters. The number of nitrogens with zero attached hydrogens (tertiary/aromatic N) is 2. The molecule has 2 rings (SSSR count). The van der Waals surface area contributed by atoms with E-state index in [0.717, 1.165) is 12.8 Å². The fourth-order valence-electron chi connectivity index (χ4n) is 1.76. The average Bonchev–Trinajstić information content (AvgIpc) is 2.33. The number of amides is 1. The first-order valence-corrected chi connectivity index (χ1v) is 6.17. The summed E-state index contributed by atoms with van der Waals surface area (Å²) in [6, 6.07) is 5.48. The maximum absolute atomic E-state index is 11.5. The largest absolute Gasteiger partial charge is 0.368 e. The normalized spacial score (nSPS) is 14.4. The predicted molar refractivity (Wildman–Crippen MR) is 67.8 cm³/mol. The maximum atomic E-state index is 11.5. The van der Waals surface area contributed by atoms with Crippen LogP contribution in [0.4, 0.5) is 5.82 Å². The van der Waals surface area contributed by atoms with E-state index >= 15 is 0 Å². The van der Waals surface area contributed by atoms with Crippen LogP contribution in [0.3, 0.4) is 0 Å². The van der Waals surface area contributed by atoms with E-state index in [0.29, 0.717) is 24.5 Å². The number of hydrogen-bond donors (Lipinski definition) is 2. The molecule has 1 heterocycles. The standard InChI is InChI=1S/C13H16N4O/c14-8-10-4-5-12(17-9-10)15-6-7-16-13(18)11-2-1-3-11/h4-5,9,11H,1-3,6-7H2,(H,15,17)(H,16,18). The van der Waals surface area contributed by atoms with Crippen LogP contribution in [0.5, 0.6) is 0 Å². The number of anilines is 1. The Bertz CT molecular complexity index is 445. The lowest BCUT2D eigenvalue weighted by Gasteiger charge is -2.24. The predicted octanol–water partition coefficient (Wildman–Crippen LogP) is 1.28. The Labute approximate surface area is 106 Å². The molecule has 1 saturated carbocycles. The molecule has 1 aliphatic carbocycles. The lowest BCUT2D eigenvalue weighted by Crippen LogP contribution is -2.36. The van der Waals surface area contributed by atoms with Gasteiger partial charge >= 0.3 is 0 Å². The Morgan fingerprint density at radius 3 is 2.83 bits per heavy atom. The van der Waals surface area contributed by atoms with Gasteiger partial charge in [-0.15, -0.1) is 0 Å². The van der Waals surface area contributed by atoms with E-state index in [4.69, 9.17) is 5.26 Å². The molecule has 1 aromatic rings. The molecular formula is C13H16N4O. The average molecular weight is 244 g/mol. The quantitative estimate of drug-likeness (QED) is 0.765. The summed E-state index contributed by atoms with van der Waals surface area (Å²) < 4.78 is 0. The maximum Gasteiger partial charge on any atom is 0.223 e. The number of carbonyl (C=O) groups is 1. The highest BCUT2D eigenvalue weighted by Crippen LogP contribution is 2.25. The Hall–Kier alpha value is -2.09. The third-order valence-corrected chi connectivity index (χ3v) is 3.10. The van der Waals surface area contributed by atoms with Crippen molar-refractivity contribution in [3.63, 3.8) is 0 Å². The molecule has 5 heteroatoms. The summed E-state index contributed by atoms with van der Waals surface area (Å²) in [4.78, 5) is 15.6. The van der Waals surface area contributed by atoms with Gasteiger partial charge in [0.2, 0.25) is 5.91 Å². The second-order valence-corrected chi connectivity index (χ2v) is 4.39. The SMILES string of the molecule is N#Cc1ccc(NCCNC(=O)C2CCC2)nc1. The highest BCUT2D eigenvalue weighted by molar-refractivity contribution is 5.79. The molecule has 5 nitrogen and oxygen atoms in total. The van der Waals surface area contributed by atoms with Gasteiger partial charge in [-0.2, -0.15) is 5.26 Å². The summed E-state index contributed by atoms with van der Waals surface area (Å²) in [5.74, 6) is 1.11. The van der Waals surface area contributed by atoms with Gasteiger partial charge in [-0.25, -0.2) is 4.98 Å². The zero-order valence-corrected chi connectivity index (χ0v) is 10.1. The van der Waals surface area contributed by atoms with Crippen molar-refractivity contribution in [1.82, 2.24) is 10.3 Å². The molecule has 0 saturated heterocycles. The van der Waals surface area contributed by atoms with E-state index in [1.54, 1.807) is 12.1 Å². The van der Waals surface area contributed by atoms with Crippen LogP contribution >= 0.6 is 0 Å². The number of rotatable bonds is 5. The molecule has 1 aliphatic rings. The van der Waals surface area contributed by atoms with Gasteiger partial charge in [0.05, 0.1) is 5.56 Å². The molecule has 0 unspecified atom stereocenters. The van der Waals surface area contributed by atoms with E-state index < -0.39 is 0 Å². The van der Waals surface area contributed by atoms with Crippen molar-refractivity contribution < 1.29 is 4.79 Å². The Morgan fingerprint density at radius 1 is 1.44 bits per heavy atom. The summed E-state index contributed by atoms with van der Waals surface area (Å²) in [5, 5.41) is 14.6. The second-order valence-electron chi connectivity index (χ2n) is 4.39. The minimum Gasteiger partial charge on any atom is -0.368 e. The lowest BCUT2D eigenvalue weighted by molar-refractivity contribution is -0.127. The van der Waals surface area contributed by atoms with Crippen LogP contribution in [-0.2, 0) is 4.79 Å². The van der Waals surface area contributed by atoms with Gasteiger partial charge in [0.1, 0.15) is 11.9 Å². The van der Waals surface area contributed by atoms with Crippen LogP contribution in [0.1, 0.15) is 24.8 Å². The number of pyridine rings is 1. The molecule has 1 amide bonds. The van der Waals surface area contributed by atoms with Crippen LogP contribution in [0.25, 0.3) is 0 Å². The van der Waals surface area contributed by atoms with Gasteiger partial charge in [0.25, 0.3) is 0 Å². The molecule has 94 valence electrons. The number of nitriles is 1. The lowest BCUT2D eigenvalue weighted by atomic mass is 9.85. The van der Waals surface area contributed by atoms with Crippen LogP contribution in [-0.4, -0.2) is 24.0 Å². The molecule has 1 aromatic heterocycles. The summed E-state index contributed by atoms with van der Waals surface area (Å²) in [7, 11) is 0. The summed E-state index contributed by atoms with van der Waals surface area (Å²) in [6.45, 7) is 1.23. The zero-order chi connectivity index (χ0) is 12.8. The molecule has 2 N–H and O–H groups in total. The van der Waals surface area contributed by atoms with Crippen molar-refractivity contribution in [3.8, 4) is 6.07 Å². The van der Waals surface area contributed by atoms with Crippen LogP contribution in [0, 0.1) is 17.2 Å². The van der Waals surface area contributed by atoms with Crippen LogP contribution in [0.15, 0.2) is 18.3 Å². The highest BCUT2D eigenvalue weighted by atomic mass is 16.1. The molecule has 0 bridgehead atoms. The van der Waals surface area contributed by atoms with Gasteiger partial charge in [-0.1, -0.05) is 6.42 Å². The number of nitrogens with one attached hydrogen (secondary N) is 2. The molecule has 0 aromatic carbocycles. The van der Waals surface area contributed by atoms with Gasteiger partial charge in [0.15, 0.2) is 0 Å². The van der Waals surface area contributed by atoms with E-state index in [1.807, 2.05) is 6.07 Å². The monoisotopic (exact) mass is 244 g/mol. The van der Waals surface area contributed by atoms with E-state index in [9.17, 15) is 4.79 Å². The number of carbonyl (C=O) groups excluding carboxylic acids is 1. The van der Waals surface area contributed by atoms with Crippen molar-refractivity contribution >= 4 is 11.7 Å². The molecule has 0 radical (unpaired) electrons. The van der Waals surface area contributed by atoms with Gasteiger partial charge in [-0.05, 0) is 25.0 Å². The Kier molecular flexibility index (Phi) is 4.13. The second kappa shape index (κ2) is 6.01. The molecule has 1 fully saturated rings. The van der Waals surface area contributed by atoms with Crippen molar-refractivity contribution in [2.75, 3.05) is 18.4 Å². The van der Waals surface area contributed by atoms with E-state index in [2.05, 4.69) is 15.6 Å². The fourth-order valence-corrected chi connectivity index (χ4v) is 1.76. The van der Waals surface area contributed by atoms with Crippen molar-refractivity contribution in [2.24, 2.45) is 5.92 Å². The molecule has 0 spiro atoms. The summed E-state index contributed by atoms with van der Waals surface area (Å²) >= 11 is 0. The first-order valence-electron chi connectivity index (χ1n) is 6.17. The van der Waals surface area contributed by atoms with E-state index in [1.165, 1.54) is 12.6 Å². The Morgan fingerprint density at radius 2 is 2.28 bits per heavy atom. The zero-order valence-electron chi connectivity index (χ0n) is 10.1. The van der Waals surface area contributed by atoms with E-state index in [-0.39, 0.29) is 11.8 Å². The summed E-state index contributed by atoms with van der Waals surface area (Å²) in [6.07, 6.45) is 4.74. The van der Waals surface area contributed by atoms with Crippen LogP contribution < -0.4 is 10.6 Å². The third-order valence-electron chi connectivity index (χ3n) is 3.10. The fraction of sp³-hybridized carbons (Fsp3) is 0.462. The number of hydrogen-bond acceptors (Lipinski definition) is 4. The highest BCUT2D eigenvalue weighted by Gasteiger charge is 2.24. The molecule has 18 heavy (non-hydrogen) atoms. The third kappa shape index (κ3) is 3.20. The smallest absolute Gasteiger partial charge is 0.223 e. The summed E-state index contributed by atoms with van der Waals surface area (Å²) in [5.41, 5.74) is 0.541. The van der Waals surface area contributed by atoms with Gasteiger partial charge in [0, 0.05) is 25.2 Å². The van der Waals surface area contributed by atoms with Gasteiger partial charge in [-0.3, -0.25) is 4.79 Å². The Balaban J connectivity index is 1.65. The van der Waals surface area contributed by atoms with Crippen LogP contribution in [0.2, 0.25) is 0 Å². The minimum absolute atomic E-state index is 0.163. The molecule has 0 aliphatic heterocycles.